The first-order valence-electron chi connectivity index (χ1n) is 5.33. The van der Waals surface area contributed by atoms with Crippen LogP contribution < -0.4 is 5.73 Å². The minimum Gasteiger partial charge on any atom is -0.389 e. The molecule has 2 rings (SSSR count). The van der Waals surface area contributed by atoms with Gasteiger partial charge in [0.15, 0.2) is 5.69 Å². The highest BCUT2D eigenvalue weighted by atomic mass is 32.1. The first kappa shape index (κ1) is 13.5. The predicted octanol–water partition coefficient (Wildman–Crippen LogP) is 2.83. The fourth-order valence-corrected chi connectivity index (χ4v) is 1.83. The number of nitrogens with two attached hydrogens (primary N) is 1. The minimum atomic E-state index is -4.58. The van der Waals surface area contributed by atoms with Crippen LogP contribution in [-0.4, -0.2) is 14.8 Å². The Kier molecular flexibility index (Phi) is 3.32. The third-order valence-electron chi connectivity index (χ3n) is 2.58. The fraction of sp³-hybridized carbons (Fsp3) is 0.167. The van der Waals surface area contributed by atoms with Gasteiger partial charge < -0.3 is 5.73 Å². The van der Waals surface area contributed by atoms with Gasteiger partial charge in [0.1, 0.15) is 4.99 Å². The average molecular weight is 285 g/mol. The molecular weight excluding hydrogens is 275 g/mol. The quantitative estimate of drug-likeness (QED) is 0.863. The van der Waals surface area contributed by atoms with Crippen molar-refractivity contribution in [3.63, 3.8) is 0 Å². The zero-order valence-corrected chi connectivity index (χ0v) is 10.7. The van der Waals surface area contributed by atoms with E-state index >= 15 is 0 Å². The molecule has 0 fully saturated rings. The van der Waals surface area contributed by atoms with Crippen molar-refractivity contribution in [1.82, 2.24) is 9.78 Å². The number of benzene rings is 1. The van der Waals surface area contributed by atoms with Crippen LogP contribution >= 0.6 is 12.2 Å². The smallest absolute Gasteiger partial charge is 0.389 e. The molecule has 1 aromatic heterocycles. The van der Waals surface area contributed by atoms with E-state index in [9.17, 15) is 13.2 Å². The Hall–Kier alpha value is -1.89. The van der Waals surface area contributed by atoms with Crippen molar-refractivity contribution in [2.75, 3.05) is 0 Å². The van der Waals surface area contributed by atoms with Crippen LogP contribution in [0.4, 0.5) is 13.2 Å². The first-order chi connectivity index (χ1) is 8.80. The number of aromatic nitrogens is 2. The van der Waals surface area contributed by atoms with Gasteiger partial charge in [-0.2, -0.15) is 18.3 Å². The second kappa shape index (κ2) is 4.65. The molecule has 1 aromatic carbocycles. The number of aryl methyl sites for hydroxylation is 1. The van der Waals surface area contributed by atoms with E-state index in [1.807, 2.05) is 6.92 Å². The summed E-state index contributed by atoms with van der Waals surface area (Å²) in [4.78, 5) is -0.328. The number of nitrogens with zero attached hydrogens (tertiary/aromatic N) is 2. The zero-order chi connectivity index (χ0) is 14.2. The molecule has 100 valence electrons. The van der Waals surface area contributed by atoms with E-state index in [2.05, 4.69) is 17.3 Å². The first-order valence-corrected chi connectivity index (χ1v) is 5.73. The highest BCUT2D eigenvalue weighted by Crippen LogP contribution is 2.33. The Bertz CT molecular complexity index is 614. The molecule has 2 aromatic rings. The molecule has 2 N–H and O–H groups in total. The molecule has 0 saturated heterocycles. The molecule has 0 bridgehead atoms. The zero-order valence-electron chi connectivity index (χ0n) is 9.90. The number of hydrogen-bond acceptors (Lipinski definition) is 2. The molecule has 0 amide bonds. The van der Waals surface area contributed by atoms with Crippen LogP contribution in [0.1, 0.15) is 16.8 Å². The molecule has 0 radical (unpaired) electrons. The number of alkyl halides is 3. The maximum atomic E-state index is 13.1. The highest BCUT2D eigenvalue weighted by molar-refractivity contribution is 7.80. The summed E-state index contributed by atoms with van der Waals surface area (Å²) in [6.45, 7) is 1.85. The maximum absolute atomic E-state index is 13.1. The molecule has 0 saturated carbocycles. The van der Waals surface area contributed by atoms with Crippen LogP contribution in [-0.2, 0) is 6.18 Å². The Labute approximate surface area is 112 Å². The molecule has 0 atom stereocenters. The standard InChI is InChI=1S/C12H10F3N3S/c1-7-2-4-8(5-3-7)18-10(12(13,14)15)9(6-17-18)11(16)19/h2-6H,1H3,(H2,16,19). The molecule has 0 aliphatic heterocycles. The second-order valence-corrected chi connectivity index (χ2v) is 4.46. The van der Waals surface area contributed by atoms with Gasteiger partial charge in [-0.05, 0) is 19.1 Å². The van der Waals surface area contributed by atoms with Crippen molar-refractivity contribution in [1.29, 1.82) is 0 Å². The van der Waals surface area contributed by atoms with Crippen LogP contribution in [0.5, 0.6) is 0 Å². The van der Waals surface area contributed by atoms with Gasteiger partial charge in [-0.15, -0.1) is 0 Å². The molecule has 3 nitrogen and oxygen atoms in total. The second-order valence-electron chi connectivity index (χ2n) is 4.02. The van der Waals surface area contributed by atoms with Crippen LogP contribution in [0.25, 0.3) is 5.69 Å². The predicted molar refractivity (Wildman–Crippen MR) is 69.2 cm³/mol. The van der Waals surface area contributed by atoms with E-state index in [0.29, 0.717) is 5.69 Å². The van der Waals surface area contributed by atoms with Crippen LogP contribution in [0.2, 0.25) is 0 Å². The molecule has 0 spiro atoms. The third kappa shape index (κ3) is 2.60. The third-order valence-corrected chi connectivity index (χ3v) is 2.80. The van der Waals surface area contributed by atoms with Gasteiger partial charge in [0.25, 0.3) is 0 Å². The van der Waals surface area contributed by atoms with Gasteiger partial charge in [-0.3, -0.25) is 0 Å². The lowest BCUT2D eigenvalue weighted by Crippen LogP contribution is -2.20. The van der Waals surface area contributed by atoms with E-state index in [1.54, 1.807) is 24.3 Å². The molecule has 1 heterocycles. The van der Waals surface area contributed by atoms with Crippen molar-refractivity contribution in [2.45, 2.75) is 13.1 Å². The van der Waals surface area contributed by atoms with E-state index < -0.39 is 11.9 Å². The van der Waals surface area contributed by atoms with Crippen LogP contribution in [0.3, 0.4) is 0 Å². The Morgan fingerprint density at radius 2 is 1.84 bits per heavy atom. The summed E-state index contributed by atoms with van der Waals surface area (Å²) in [5.41, 5.74) is 5.32. The minimum absolute atomic E-state index is 0.275. The molecule has 0 aliphatic carbocycles. The van der Waals surface area contributed by atoms with Gasteiger partial charge in [-0.25, -0.2) is 4.68 Å². The summed E-state index contributed by atoms with van der Waals surface area (Å²) < 4.78 is 40.1. The van der Waals surface area contributed by atoms with E-state index in [4.69, 9.17) is 5.73 Å². The molecule has 0 unspecified atom stereocenters. The summed E-state index contributed by atoms with van der Waals surface area (Å²) in [5, 5.41) is 3.73. The normalized spacial score (nSPS) is 11.6. The van der Waals surface area contributed by atoms with Crippen LogP contribution in [0, 0.1) is 6.92 Å². The fourth-order valence-electron chi connectivity index (χ4n) is 1.68. The van der Waals surface area contributed by atoms with Crippen molar-refractivity contribution < 1.29 is 13.2 Å². The van der Waals surface area contributed by atoms with Gasteiger partial charge >= 0.3 is 6.18 Å². The van der Waals surface area contributed by atoms with Crippen molar-refractivity contribution in [3.05, 3.63) is 47.3 Å². The number of hydrogen-bond donors (Lipinski definition) is 1. The molecular formula is C12H10F3N3S. The van der Waals surface area contributed by atoms with E-state index in [1.165, 1.54) is 0 Å². The van der Waals surface area contributed by atoms with Crippen molar-refractivity contribution >= 4 is 17.2 Å². The SMILES string of the molecule is Cc1ccc(-n2ncc(C(N)=S)c2C(F)(F)F)cc1. The Balaban J connectivity index is 2.64. The summed E-state index contributed by atoms with van der Waals surface area (Å²) >= 11 is 4.63. The number of thiocarbonyl (C=S) groups is 1. The largest absolute Gasteiger partial charge is 0.434 e. The number of halogens is 3. The van der Waals surface area contributed by atoms with Gasteiger partial charge in [0.05, 0.1) is 17.4 Å². The van der Waals surface area contributed by atoms with Gasteiger partial charge in [0.2, 0.25) is 0 Å². The van der Waals surface area contributed by atoms with E-state index in [-0.39, 0.29) is 10.6 Å². The summed E-state index contributed by atoms with van der Waals surface area (Å²) in [6, 6.07) is 6.52. The number of rotatable bonds is 2. The van der Waals surface area contributed by atoms with Crippen molar-refractivity contribution in [2.24, 2.45) is 5.73 Å². The molecule has 7 heteroatoms. The summed E-state index contributed by atoms with van der Waals surface area (Å²) in [7, 11) is 0. The van der Waals surface area contributed by atoms with Gasteiger partial charge in [0, 0.05) is 0 Å². The average Bonchev–Trinajstić information content (AvgIpc) is 2.74. The summed E-state index contributed by atoms with van der Waals surface area (Å²) in [5.74, 6) is 0. The Morgan fingerprint density at radius 3 is 2.32 bits per heavy atom. The van der Waals surface area contributed by atoms with Crippen molar-refractivity contribution in [3.8, 4) is 5.69 Å². The maximum Gasteiger partial charge on any atom is 0.434 e. The van der Waals surface area contributed by atoms with Gasteiger partial charge in [-0.1, -0.05) is 29.9 Å². The lowest BCUT2D eigenvalue weighted by atomic mass is 10.2. The van der Waals surface area contributed by atoms with E-state index in [0.717, 1.165) is 16.4 Å². The molecule has 0 aliphatic rings. The van der Waals surface area contributed by atoms with Crippen LogP contribution in [0.15, 0.2) is 30.5 Å². The monoisotopic (exact) mass is 285 g/mol. The topological polar surface area (TPSA) is 43.8 Å². The lowest BCUT2D eigenvalue weighted by Gasteiger charge is -2.12. The highest BCUT2D eigenvalue weighted by Gasteiger charge is 2.39. The Morgan fingerprint density at radius 1 is 1.26 bits per heavy atom. The summed E-state index contributed by atoms with van der Waals surface area (Å²) in [6.07, 6.45) is -3.55. The molecule has 19 heavy (non-hydrogen) atoms. The lowest BCUT2D eigenvalue weighted by molar-refractivity contribution is -0.142.